The van der Waals surface area contributed by atoms with E-state index in [2.05, 4.69) is 9.97 Å². The number of hydrogen-bond acceptors (Lipinski definition) is 9. The van der Waals surface area contributed by atoms with E-state index >= 15 is 4.39 Å². The van der Waals surface area contributed by atoms with E-state index in [1.807, 2.05) is 0 Å². The molecule has 194 valence electrons. The average molecular weight is 554 g/mol. The zero-order valence-electron chi connectivity index (χ0n) is 20.4. The second-order valence-electron chi connectivity index (χ2n) is 8.50. The maximum absolute atomic E-state index is 15.6. The fraction of sp³-hybridized carbons (Fsp3) is 0.192. The molecule has 1 aliphatic heterocycles. The lowest BCUT2D eigenvalue weighted by Gasteiger charge is -2.25. The van der Waals surface area contributed by atoms with E-state index in [0.717, 1.165) is 9.40 Å². The van der Waals surface area contributed by atoms with Crippen LogP contribution >= 0.6 is 22.7 Å². The van der Waals surface area contributed by atoms with Gasteiger partial charge >= 0.3 is 0 Å². The summed E-state index contributed by atoms with van der Waals surface area (Å²) in [5.74, 6) is 0.0436. The highest BCUT2D eigenvalue weighted by Crippen LogP contribution is 2.44. The molecule has 0 saturated carbocycles. The maximum atomic E-state index is 15.6. The van der Waals surface area contributed by atoms with E-state index in [-0.39, 0.29) is 0 Å². The molecule has 12 heteroatoms. The largest absolute Gasteiger partial charge is 0.497 e. The molecule has 6 rings (SSSR count). The number of imidazole rings is 1. The van der Waals surface area contributed by atoms with Crippen LogP contribution < -0.4 is 4.74 Å². The van der Waals surface area contributed by atoms with Gasteiger partial charge in [0.25, 0.3) is 0 Å². The molecule has 2 atom stereocenters. The van der Waals surface area contributed by atoms with Gasteiger partial charge in [0.15, 0.2) is 12.6 Å². The number of hydrogen-bond donors (Lipinski definition) is 2. The summed E-state index contributed by atoms with van der Waals surface area (Å²) in [5.41, 5.74) is 3.30. The van der Waals surface area contributed by atoms with E-state index in [0.29, 0.717) is 55.0 Å². The Hall–Kier alpha value is -3.71. The molecule has 0 saturated heterocycles. The van der Waals surface area contributed by atoms with Gasteiger partial charge < -0.3 is 24.5 Å². The van der Waals surface area contributed by atoms with Crippen LogP contribution in [-0.2, 0) is 4.74 Å². The molecule has 0 spiro atoms. The fourth-order valence-electron chi connectivity index (χ4n) is 4.37. The predicted molar refractivity (Wildman–Crippen MR) is 144 cm³/mol. The van der Waals surface area contributed by atoms with Crippen LogP contribution in [0.2, 0.25) is 0 Å². The van der Waals surface area contributed by atoms with Gasteiger partial charge in [0.1, 0.15) is 33.0 Å². The second kappa shape index (κ2) is 9.55. The molecule has 3 aromatic heterocycles. The average Bonchev–Trinajstić information content (AvgIpc) is 3.67. The van der Waals surface area contributed by atoms with Crippen LogP contribution in [0.4, 0.5) is 8.78 Å². The summed E-state index contributed by atoms with van der Waals surface area (Å²) in [4.78, 5) is 18.2. The summed E-state index contributed by atoms with van der Waals surface area (Å²) in [6.07, 6.45) is 3.88. The second-order valence-corrected chi connectivity index (χ2v) is 10.5. The molecule has 2 N–H and O–H groups in total. The number of benzene rings is 2. The van der Waals surface area contributed by atoms with Crippen molar-refractivity contribution >= 4 is 48.8 Å². The van der Waals surface area contributed by atoms with Gasteiger partial charge in [-0.2, -0.15) is 0 Å². The zero-order valence-corrected chi connectivity index (χ0v) is 22.0. The van der Waals surface area contributed by atoms with E-state index in [4.69, 9.17) is 19.4 Å². The lowest BCUT2D eigenvalue weighted by atomic mass is 10.0. The number of aromatic amines is 1. The molecule has 5 aromatic rings. The van der Waals surface area contributed by atoms with E-state index in [1.54, 1.807) is 37.4 Å². The van der Waals surface area contributed by atoms with Crippen LogP contribution in [-0.4, -0.2) is 57.5 Å². The lowest BCUT2D eigenvalue weighted by molar-refractivity contribution is -0.0792. The van der Waals surface area contributed by atoms with E-state index in [1.165, 1.54) is 60.3 Å². The Kier molecular flexibility index (Phi) is 6.19. The van der Waals surface area contributed by atoms with Crippen molar-refractivity contribution in [1.29, 1.82) is 0 Å². The normalized spacial score (nSPS) is 16.4. The summed E-state index contributed by atoms with van der Waals surface area (Å²) in [6.45, 7) is 0. The molecule has 2 aromatic carbocycles. The first-order chi connectivity index (χ1) is 18.4. The predicted octanol–water partition coefficient (Wildman–Crippen LogP) is 5.89. The highest BCUT2D eigenvalue weighted by atomic mass is 32.1. The number of nitrogens with zero attached hydrogens (tertiary/aromatic N) is 4. The van der Waals surface area contributed by atoms with Crippen LogP contribution in [0.5, 0.6) is 5.75 Å². The number of aliphatic hydroxyl groups is 1. The van der Waals surface area contributed by atoms with Gasteiger partial charge in [-0.1, -0.05) is 6.08 Å². The first-order valence-electron chi connectivity index (χ1n) is 11.5. The number of fused-ring (bicyclic) bond motifs is 2. The van der Waals surface area contributed by atoms with Crippen LogP contribution in [0.1, 0.15) is 17.0 Å². The molecular formula is C26H21F2N5O3S2. The number of aliphatic hydroxyl groups excluding tert-OH is 1. The highest BCUT2D eigenvalue weighted by molar-refractivity contribution is 7.22. The van der Waals surface area contributed by atoms with Crippen molar-refractivity contribution in [2.75, 3.05) is 21.3 Å². The summed E-state index contributed by atoms with van der Waals surface area (Å²) in [5, 5.41) is 11.3. The number of likely N-dealkylation sites (N-methyl/N-ethyl adjacent to an activating group) is 1. The monoisotopic (exact) mass is 553 g/mol. The topological polar surface area (TPSA) is 96.4 Å². The van der Waals surface area contributed by atoms with Crippen molar-refractivity contribution in [1.82, 2.24) is 24.8 Å². The SMILES string of the molecule is COc1cc(-c2c(F)ccc3sc(-c4nc[nH]c4C(O)OC)nc23)c2sc(C3=CC=CC(F)N3C)nc2c1. The van der Waals surface area contributed by atoms with Gasteiger partial charge in [0, 0.05) is 31.4 Å². The Balaban J connectivity index is 1.56. The Labute approximate surface area is 223 Å². The molecule has 0 aliphatic carbocycles. The molecule has 0 bridgehead atoms. The fourth-order valence-corrected chi connectivity index (χ4v) is 6.49. The van der Waals surface area contributed by atoms with Crippen molar-refractivity contribution < 1.29 is 23.4 Å². The first-order valence-corrected chi connectivity index (χ1v) is 13.1. The van der Waals surface area contributed by atoms with Crippen LogP contribution in [0, 0.1) is 5.82 Å². The molecule has 0 amide bonds. The Morgan fingerprint density at radius 1 is 1.16 bits per heavy atom. The van der Waals surface area contributed by atoms with Crippen molar-refractivity contribution in [2.45, 2.75) is 12.6 Å². The number of aromatic nitrogens is 4. The molecule has 38 heavy (non-hydrogen) atoms. The summed E-state index contributed by atoms with van der Waals surface area (Å²) < 4.78 is 42.0. The lowest BCUT2D eigenvalue weighted by Crippen LogP contribution is -2.26. The van der Waals surface area contributed by atoms with E-state index in [9.17, 15) is 9.50 Å². The number of nitrogens with one attached hydrogen (secondary N) is 1. The molecule has 1 aliphatic rings. The van der Waals surface area contributed by atoms with Gasteiger partial charge in [-0.25, -0.2) is 23.7 Å². The molecule has 2 unspecified atom stereocenters. The standard InChI is InChI=1S/C26H21F2N5O3S2/c1-33-16(5-4-6-18(33)28)24-31-15-10-12(35-2)9-13(23(15)38-24)19-14(27)7-8-17-20(19)32-25(37-17)21-22(26(34)36-3)30-11-29-21/h4-11,18,26,34H,1-3H3,(H,29,30). The molecule has 0 radical (unpaired) electrons. The van der Waals surface area contributed by atoms with Crippen LogP contribution in [0.25, 0.3) is 48.0 Å². The number of thiazole rings is 2. The molecular weight excluding hydrogens is 532 g/mol. The maximum Gasteiger partial charge on any atom is 0.198 e. The number of ether oxygens (including phenoxy) is 2. The third-order valence-electron chi connectivity index (χ3n) is 6.31. The number of allylic oxidation sites excluding steroid dienone is 2. The quantitative estimate of drug-likeness (QED) is 0.200. The third kappa shape index (κ3) is 3.97. The van der Waals surface area contributed by atoms with Crippen molar-refractivity contribution in [3.8, 4) is 27.6 Å². The molecule has 8 nitrogen and oxygen atoms in total. The first kappa shape index (κ1) is 24.6. The smallest absolute Gasteiger partial charge is 0.198 e. The van der Waals surface area contributed by atoms with Gasteiger partial charge in [-0.05, 0) is 30.4 Å². The number of rotatable bonds is 6. The van der Waals surface area contributed by atoms with Crippen molar-refractivity contribution in [3.05, 3.63) is 65.3 Å². The number of methoxy groups -OCH3 is 2. The van der Waals surface area contributed by atoms with Crippen LogP contribution in [0.3, 0.4) is 0 Å². The minimum Gasteiger partial charge on any atom is -0.497 e. The molecule has 0 fully saturated rings. The minimum absolute atomic E-state index is 0.294. The molecule has 4 heterocycles. The summed E-state index contributed by atoms with van der Waals surface area (Å²) >= 11 is 2.67. The third-order valence-corrected chi connectivity index (χ3v) is 8.47. The Morgan fingerprint density at radius 3 is 2.79 bits per heavy atom. The summed E-state index contributed by atoms with van der Waals surface area (Å²) in [6, 6.07) is 6.60. The minimum atomic E-state index is -1.26. The van der Waals surface area contributed by atoms with Gasteiger partial charge in [-0.15, -0.1) is 22.7 Å². The van der Waals surface area contributed by atoms with Gasteiger partial charge in [0.2, 0.25) is 0 Å². The summed E-state index contributed by atoms with van der Waals surface area (Å²) in [7, 11) is 4.57. The number of H-pyrrole nitrogens is 1. The number of halogens is 2. The van der Waals surface area contributed by atoms with Crippen molar-refractivity contribution in [2.24, 2.45) is 0 Å². The number of alkyl halides is 1. The highest BCUT2D eigenvalue weighted by Gasteiger charge is 2.25. The van der Waals surface area contributed by atoms with Crippen LogP contribution in [0.15, 0.2) is 48.8 Å². The van der Waals surface area contributed by atoms with Gasteiger partial charge in [-0.3, -0.25) is 0 Å². The zero-order chi connectivity index (χ0) is 26.6. The van der Waals surface area contributed by atoms with Crippen molar-refractivity contribution in [3.63, 3.8) is 0 Å². The van der Waals surface area contributed by atoms with Gasteiger partial charge in [0.05, 0.1) is 39.6 Å². The van der Waals surface area contributed by atoms with E-state index < -0.39 is 18.4 Å². The Bertz CT molecular complexity index is 1740. The Morgan fingerprint density at radius 2 is 2.00 bits per heavy atom.